The van der Waals surface area contributed by atoms with Crippen LogP contribution in [0.1, 0.15) is 47.3 Å². The number of rotatable bonds is 5. The second kappa shape index (κ2) is 8.50. The molecule has 0 radical (unpaired) electrons. The van der Waals surface area contributed by atoms with E-state index in [-0.39, 0.29) is 29.2 Å². The highest BCUT2D eigenvalue weighted by atomic mass is 35.5. The number of alkyl halides is 3. The Hall–Kier alpha value is -3.00. The molecule has 3 aromatic rings. The van der Waals surface area contributed by atoms with Crippen molar-refractivity contribution >= 4 is 34.2 Å². The number of halogens is 4. The van der Waals surface area contributed by atoms with Gasteiger partial charge in [-0.15, -0.1) is 0 Å². The third-order valence-corrected chi connectivity index (χ3v) is 5.95. The molecule has 9 heteroatoms. The van der Waals surface area contributed by atoms with Gasteiger partial charge < -0.3 is 15.0 Å². The number of carbonyl (C=O) groups is 2. The molecule has 0 aliphatic heterocycles. The number of Topliss-reactive ketones (excluding diaryl/α,β-unsaturated/α-hetero) is 1. The van der Waals surface area contributed by atoms with Crippen molar-refractivity contribution in [1.29, 1.82) is 0 Å². The lowest BCUT2D eigenvalue weighted by molar-refractivity contribution is -0.143. The number of nitrogens with zero attached hydrogens (tertiary/aromatic N) is 1. The van der Waals surface area contributed by atoms with Crippen molar-refractivity contribution in [1.82, 2.24) is 9.88 Å². The Bertz CT molecular complexity index is 1180. The molecule has 32 heavy (non-hydrogen) atoms. The Morgan fingerprint density at radius 3 is 2.38 bits per heavy atom. The highest BCUT2D eigenvalue weighted by Crippen LogP contribution is 2.40. The zero-order valence-electron chi connectivity index (χ0n) is 16.9. The van der Waals surface area contributed by atoms with Crippen LogP contribution < -0.4 is 5.32 Å². The summed E-state index contributed by atoms with van der Waals surface area (Å²) in [6, 6.07) is 9.70. The summed E-state index contributed by atoms with van der Waals surface area (Å²) in [6.45, 7) is -0.204. The molecular formula is C23H20ClF3N2O3. The van der Waals surface area contributed by atoms with Gasteiger partial charge in [-0.05, 0) is 48.7 Å². The number of fused-ring (bicyclic) bond motifs is 1. The fraction of sp³-hybridized carbons (Fsp3) is 0.304. The van der Waals surface area contributed by atoms with Crippen LogP contribution in [0.3, 0.4) is 0 Å². The molecule has 0 saturated heterocycles. The molecule has 1 saturated carbocycles. The van der Waals surface area contributed by atoms with Crippen LogP contribution in [0.5, 0.6) is 5.75 Å². The first-order valence-electron chi connectivity index (χ1n) is 10.2. The quantitative estimate of drug-likeness (QED) is 0.397. The number of hydrogen-bond acceptors (Lipinski definition) is 3. The summed E-state index contributed by atoms with van der Waals surface area (Å²) in [4.78, 5) is 25.6. The summed E-state index contributed by atoms with van der Waals surface area (Å²) >= 11 is 5.88. The molecule has 0 unspecified atom stereocenters. The first-order chi connectivity index (χ1) is 15.1. The molecule has 1 amide bonds. The lowest BCUT2D eigenvalue weighted by Gasteiger charge is -2.15. The van der Waals surface area contributed by atoms with Crippen molar-refractivity contribution in [3.05, 3.63) is 64.3 Å². The van der Waals surface area contributed by atoms with Crippen LogP contribution in [-0.2, 0) is 17.5 Å². The van der Waals surface area contributed by atoms with E-state index in [1.807, 2.05) is 0 Å². The summed E-state index contributed by atoms with van der Waals surface area (Å²) in [6.07, 6.45) is -1.77. The SMILES string of the molecule is O=C(NC1CCCC1)C(=O)c1c(C(F)(F)F)n(Cc2ccc(Cl)cc2)c2ccc(O)cc12. The van der Waals surface area contributed by atoms with Crippen LogP contribution in [0.4, 0.5) is 13.2 Å². The van der Waals surface area contributed by atoms with Crippen LogP contribution in [-0.4, -0.2) is 27.4 Å². The number of aromatic nitrogens is 1. The van der Waals surface area contributed by atoms with E-state index in [4.69, 9.17) is 11.6 Å². The molecule has 1 heterocycles. The van der Waals surface area contributed by atoms with Crippen molar-refractivity contribution in [3.8, 4) is 5.75 Å². The molecule has 0 spiro atoms. The van der Waals surface area contributed by atoms with Crippen LogP contribution in [0.15, 0.2) is 42.5 Å². The fourth-order valence-corrected chi connectivity index (χ4v) is 4.36. The minimum Gasteiger partial charge on any atom is -0.508 e. The summed E-state index contributed by atoms with van der Waals surface area (Å²) in [5.41, 5.74) is -1.37. The molecule has 1 aromatic heterocycles. The third-order valence-electron chi connectivity index (χ3n) is 5.69. The average Bonchev–Trinajstić information content (AvgIpc) is 3.34. The van der Waals surface area contributed by atoms with E-state index in [2.05, 4.69) is 5.32 Å². The molecule has 0 atom stereocenters. The van der Waals surface area contributed by atoms with Gasteiger partial charge in [0.05, 0.1) is 5.56 Å². The molecule has 1 aliphatic rings. The topological polar surface area (TPSA) is 71.3 Å². The number of nitrogens with one attached hydrogen (secondary N) is 1. The molecule has 4 rings (SSSR count). The Morgan fingerprint density at radius 1 is 1.09 bits per heavy atom. The lowest BCUT2D eigenvalue weighted by atomic mass is 10.0. The molecule has 0 bridgehead atoms. The maximum Gasteiger partial charge on any atom is 0.432 e. The number of hydrogen-bond donors (Lipinski definition) is 2. The van der Waals surface area contributed by atoms with Gasteiger partial charge in [-0.3, -0.25) is 9.59 Å². The van der Waals surface area contributed by atoms with Crippen molar-refractivity contribution in [2.75, 3.05) is 0 Å². The third kappa shape index (κ3) is 4.32. The number of aromatic hydroxyl groups is 1. The summed E-state index contributed by atoms with van der Waals surface area (Å²) < 4.78 is 43.7. The van der Waals surface area contributed by atoms with Gasteiger partial charge in [-0.2, -0.15) is 13.2 Å². The van der Waals surface area contributed by atoms with Gasteiger partial charge in [0, 0.05) is 28.5 Å². The van der Waals surface area contributed by atoms with Gasteiger partial charge in [0.1, 0.15) is 11.4 Å². The van der Waals surface area contributed by atoms with E-state index >= 15 is 0 Å². The first-order valence-corrected chi connectivity index (χ1v) is 10.5. The molecule has 168 valence electrons. The smallest absolute Gasteiger partial charge is 0.432 e. The van der Waals surface area contributed by atoms with E-state index in [0.29, 0.717) is 23.4 Å². The van der Waals surface area contributed by atoms with E-state index < -0.39 is 29.1 Å². The van der Waals surface area contributed by atoms with Gasteiger partial charge in [-0.25, -0.2) is 0 Å². The Balaban J connectivity index is 1.86. The van der Waals surface area contributed by atoms with Crippen molar-refractivity contribution in [2.45, 2.75) is 44.4 Å². The first kappa shape index (κ1) is 22.2. The molecule has 2 aromatic carbocycles. The van der Waals surface area contributed by atoms with E-state index in [1.54, 1.807) is 24.3 Å². The predicted octanol–water partition coefficient (Wildman–Crippen LogP) is 5.31. The number of benzene rings is 2. The maximum atomic E-state index is 14.3. The Labute approximate surface area is 186 Å². The average molecular weight is 465 g/mol. The van der Waals surface area contributed by atoms with Crippen LogP contribution in [0.25, 0.3) is 10.9 Å². The Morgan fingerprint density at radius 2 is 1.75 bits per heavy atom. The van der Waals surface area contributed by atoms with E-state index in [9.17, 15) is 27.9 Å². The number of phenolic OH excluding ortho intramolecular Hbond substituents is 1. The predicted molar refractivity (Wildman–Crippen MR) is 114 cm³/mol. The summed E-state index contributed by atoms with van der Waals surface area (Å²) in [5.74, 6) is -2.65. The minimum absolute atomic E-state index is 0.0853. The summed E-state index contributed by atoms with van der Waals surface area (Å²) in [5, 5.41) is 12.8. The number of phenols is 1. The fourth-order valence-electron chi connectivity index (χ4n) is 4.24. The van der Waals surface area contributed by atoms with Gasteiger partial charge in [0.15, 0.2) is 0 Å². The highest BCUT2D eigenvalue weighted by molar-refractivity contribution is 6.45. The molecule has 1 fully saturated rings. The highest BCUT2D eigenvalue weighted by Gasteiger charge is 2.42. The Kier molecular flexibility index (Phi) is 5.90. The number of carbonyl (C=O) groups excluding carboxylic acids is 2. The van der Waals surface area contributed by atoms with Gasteiger partial charge >= 0.3 is 6.18 Å². The zero-order valence-corrected chi connectivity index (χ0v) is 17.6. The van der Waals surface area contributed by atoms with Crippen molar-refractivity contribution in [3.63, 3.8) is 0 Å². The van der Waals surface area contributed by atoms with Crippen molar-refractivity contribution < 1.29 is 27.9 Å². The van der Waals surface area contributed by atoms with E-state index in [0.717, 1.165) is 23.5 Å². The zero-order chi connectivity index (χ0) is 23.0. The molecular weight excluding hydrogens is 445 g/mol. The lowest BCUT2D eigenvalue weighted by Crippen LogP contribution is -2.38. The number of ketones is 1. The number of amides is 1. The van der Waals surface area contributed by atoms with Gasteiger partial charge in [-0.1, -0.05) is 36.6 Å². The normalized spacial score (nSPS) is 14.8. The van der Waals surface area contributed by atoms with Gasteiger partial charge in [0.2, 0.25) is 0 Å². The molecule has 2 N–H and O–H groups in total. The van der Waals surface area contributed by atoms with Crippen LogP contribution >= 0.6 is 11.6 Å². The second-order valence-corrected chi connectivity index (χ2v) is 8.36. The second-order valence-electron chi connectivity index (χ2n) is 7.92. The van der Waals surface area contributed by atoms with Crippen LogP contribution in [0, 0.1) is 0 Å². The molecule has 1 aliphatic carbocycles. The monoisotopic (exact) mass is 464 g/mol. The van der Waals surface area contributed by atoms with Gasteiger partial charge in [0.25, 0.3) is 11.7 Å². The minimum atomic E-state index is -4.92. The molecule has 5 nitrogen and oxygen atoms in total. The maximum absolute atomic E-state index is 14.3. The van der Waals surface area contributed by atoms with Crippen molar-refractivity contribution in [2.24, 2.45) is 0 Å². The summed E-state index contributed by atoms with van der Waals surface area (Å²) in [7, 11) is 0. The standard InChI is InChI=1S/C23H20ClF3N2O3/c24-14-7-5-13(6-8-14)12-29-18-10-9-16(30)11-17(18)19(21(29)23(25,26)27)20(31)22(32)28-15-3-1-2-4-15/h5-11,15,30H,1-4,12H2,(H,28,32). The van der Waals surface area contributed by atoms with Crippen LogP contribution in [0.2, 0.25) is 5.02 Å². The largest absolute Gasteiger partial charge is 0.508 e. The van der Waals surface area contributed by atoms with E-state index in [1.165, 1.54) is 12.1 Å².